The summed E-state index contributed by atoms with van der Waals surface area (Å²) in [7, 11) is 0. The Morgan fingerprint density at radius 3 is 1.92 bits per heavy atom. The molecule has 0 saturated heterocycles. The molecule has 13 heavy (non-hydrogen) atoms. The number of halogens is 2. The normalized spacial score (nSPS) is 12.0. The van der Waals surface area contributed by atoms with Crippen LogP contribution in [0, 0.1) is 5.41 Å². The third kappa shape index (κ3) is 6.96. The van der Waals surface area contributed by atoms with E-state index in [9.17, 15) is 0 Å². The van der Waals surface area contributed by atoms with Gasteiger partial charge >= 0.3 is 0 Å². The van der Waals surface area contributed by atoms with Gasteiger partial charge in [-0.05, 0) is 11.8 Å². The summed E-state index contributed by atoms with van der Waals surface area (Å²) in [6.07, 6.45) is 8.29. The molecule has 0 radical (unpaired) electrons. The van der Waals surface area contributed by atoms with Crippen LogP contribution in [0.25, 0.3) is 0 Å². The highest BCUT2D eigenvalue weighted by Crippen LogP contribution is 2.29. The lowest BCUT2D eigenvalue weighted by atomic mass is 9.89. The highest BCUT2D eigenvalue weighted by Gasteiger charge is 2.20. The highest BCUT2D eigenvalue weighted by molar-refractivity contribution is 9.09. The Kier molecular flexibility index (Phi) is 8.90. The second-order valence-corrected chi connectivity index (χ2v) is 5.36. The van der Waals surface area contributed by atoms with Gasteiger partial charge in [0.25, 0.3) is 0 Å². The molecule has 0 unspecified atom stereocenters. The largest absolute Gasteiger partial charge is 0.0922 e. The molecule has 80 valence electrons. The maximum absolute atomic E-state index is 3.58. The predicted molar refractivity (Wildman–Crippen MR) is 69.1 cm³/mol. The number of alkyl halides is 2. The first kappa shape index (κ1) is 14.0. The Hall–Kier alpha value is 0.960. The fourth-order valence-corrected chi connectivity index (χ4v) is 2.81. The zero-order valence-corrected chi connectivity index (χ0v) is 12.1. The molecule has 0 aromatic rings. The van der Waals surface area contributed by atoms with Crippen LogP contribution in [0.5, 0.6) is 0 Å². The van der Waals surface area contributed by atoms with Crippen LogP contribution < -0.4 is 0 Å². The van der Waals surface area contributed by atoms with Crippen molar-refractivity contribution in [1.82, 2.24) is 0 Å². The van der Waals surface area contributed by atoms with Crippen LogP contribution in [0.15, 0.2) is 0 Å². The quantitative estimate of drug-likeness (QED) is 0.430. The maximum atomic E-state index is 3.58. The third-order valence-electron chi connectivity index (χ3n) is 2.53. The van der Waals surface area contributed by atoms with E-state index in [4.69, 9.17) is 0 Å². The first-order chi connectivity index (χ1) is 6.18. The minimum absolute atomic E-state index is 0.464. The Morgan fingerprint density at radius 2 is 1.46 bits per heavy atom. The van der Waals surface area contributed by atoms with Gasteiger partial charge in [-0.15, -0.1) is 0 Å². The van der Waals surface area contributed by atoms with Crippen LogP contribution in [0.4, 0.5) is 0 Å². The number of unbranched alkanes of at least 4 members (excludes halogenated alkanes) is 4. The van der Waals surface area contributed by atoms with Gasteiger partial charge in [0, 0.05) is 10.7 Å². The van der Waals surface area contributed by atoms with Crippen LogP contribution in [0.2, 0.25) is 0 Å². The first-order valence-electron chi connectivity index (χ1n) is 5.30. The van der Waals surface area contributed by atoms with Crippen molar-refractivity contribution in [3.8, 4) is 0 Å². The monoisotopic (exact) mass is 312 g/mol. The molecule has 0 atom stereocenters. The van der Waals surface area contributed by atoms with Crippen LogP contribution in [0.3, 0.4) is 0 Å². The van der Waals surface area contributed by atoms with Crippen molar-refractivity contribution in [2.75, 3.05) is 10.7 Å². The average molecular weight is 314 g/mol. The number of rotatable bonds is 8. The molecule has 0 rings (SSSR count). The number of hydrogen-bond donors (Lipinski definition) is 0. The fourth-order valence-electron chi connectivity index (χ4n) is 1.32. The summed E-state index contributed by atoms with van der Waals surface area (Å²) in [4.78, 5) is 0. The lowest BCUT2D eigenvalue weighted by Crippen LogP contribution is -2.19. The molecule has 0 N–H and O–H groups in total. The molecule has 0 nitrogen and oxygen atoms in total. The Bertz CT molecular complexity index is 109. The summed E-state index contributed by atoms with van der Waals surface area (Å²) in [5.41, 5.74) is 0.464. The van der Waals surface area contributed by atoms with Crippen molar-refractivity contribution in [2.45, 2.75) is 52.4 Å². The molecular formula is C11H22Br2. The third-order valence-corrected chi connectivity index (χ3v) is 5.24. The lowest BCUT2D eigenvalue weighted by molar-refractivity contribution is 0.378. The average Bonchev–Trinajstić information content (AvgIpc) is 2.17. The van der Waals surface area contributed by atoms with Crippen molar-refractivity contribution in [2.24, 2.45) is 5.41 Å². The Morgan fingerprint density at radius 1 is 0.923 bits per heavy atom. The lowest BCUT2D eigenvalue weighted by Gasteiger charge is -2.24. The Balaban J connectivity index is 3.39. The SMILES string of the molecule is CCCCCCCC(C)(CBr)CBr. The van der Waals surface area contributed by atoms with Crippen LogP contribution >= 0.6 is 31.9 Å². The van der Waals surface area contributed by atoms with Gasteiger partial charge < -0.3 is 0 Å². The molecule has 0 saturated carbocycles. The standard InChI is InChI=1S/C11H22Br2/c1-3-4-5-6-7-8-11(2,9-12)10-13/h3-10H2,1-2H3. The van der Waals surface area contributed by atoms with E-state index in [1.54, 1.807) is 0 Å². The second-order valence-electron chi connectivity index (χ2n) is 4.24. The zero-order chi connectivity index (χ0) is 10.2. The van der Waals surface area contributed by atoms with E-state index in [0.717, 1.165) is 10.7 Å². The molecule has 0 aliphatic heterocycles. The zero-order valence-electron chi connectivity index (χ0n) is 8.91. The van der Waals surface area contributed by atoms with E-state index < -0.39 is 0 Å². The summed E-state index contributed by atoms with van der Waals surface area (Å²) in [5, 5.41) is 2.22. The van der Waals surface area contributed by atoms with E-state index in [0.29, 0.717) is 5.41 Å². The van der Waals surface area contributed by atoms with E-state index >= 15 is 0 Å². The van der Waals surface area contributed by atoms with Crippen LogP contribution in [0.1, 0.15) is 52.4 Å². The van der Waals surface area contributed by atoms with Gasteiger partial charge in [0.1, 0.15) is 0 Å². The summed E-state index contributed by atoms with van der Waals surface area (Å²) >= 11 is 7.17. The molecule has 0 aromatic heterocycles. The van der Waals surface area contributed by atoms with Gasteiger partial charge in [0.15, 0.2) is 0 Å². The minimum Gasteiger partial charge on any atom is -0.0922 e. The van der Waals surface area contributed by atoms with Crippen LogP contribution in [-0.2, 0) is 0 Å². The molecule has 0 fully saturated rings. The van der Waals surface area contributed by atoms with E-state index in [1.165, 1.54) is 38.5 Å². The van der Waals surface area contributed by atoms with Gasteiger partial charge in [-0.2, -0.15) is 0 Å². The summed E-state index contributed by atoms with van der Waals surface area (Å²) < 4.78 is 0. The topological polar surface area (TPSA) is 0 Å². The van der Waals surface area contributed by atoms with E-state index in [-0.39, 0.29) is 0 Å². The smallest absolute Gasteiger partial charge is 0.00933 e. The molecule has 0 aromatic carbocycles. The summed E-state index contributed by atoms with van der Waals surface area (Å²) in [6.45, 7) is 4.61. The minimum atomic E-state index is 0.464. The summed E-state index contributed by atoms with van der Waals surface area (Å²) in [5.74, 6) is 0. The predicted octanol–water partition coefficient (Wildman–Crippen LogP) is 5.14. The molecule has 0 heterocycles. The summed E-state index contributed by atoms with van der Waals surface area (Å²) in [6, 6.07) is 0. The van der Waals surface area contributed by atoms with Crippen molar-refractivity contribution in [1.29, 1.82) is 0 Å². The fraction of sp³-hybridized carbons (Fsp3) is 1.00. The van der Waals surface area contributed by atoms with Gasteiger partial charge in [-0.25, -0.2) is 0 Å². The van der Waals surface area contributed by atoms with Gasteiger partial charge in [0.2, 0.25) is 0 Å². The molecule has 0 amide bonds. The van der Waals surface area contributed by atoms with Crippen LogP contribution in [-0.4, -0.2) is 10.7 Å². The Labute approximate surface area is 100 Å². The molecule has 0 aliphatic carbocycles. The van der Waals surface area contributed by atoms with Gasteiger partial charge in [-0.1, -0.05) is 77.8 Å². The van der Waals surface area contributed by atoms with Crippen molar-refractivity contribution in [3.05, 3.63) is 0 Å². The molecule has 0 bridgehead atoms. The van der Waals surface area contributed by atoms with E-state index in [2.05, 4.69) is 45.7 Å². The van der Waals surface area contributed by atoms with Crippen molar-refractivity contribution < 1.29 is 0 Å². The van der Waals surface area contributed by atoms with Gasteiger partial charge in [0.05, 0.1) is 0 Å². The van der Waals surface area contributed by atoms with E-state index in [1.807, 2.05) is 0 Å². The molecule has 0 aliphatic rings. The maximum Gasteiger partial charge on any atom is 0.00933 e. The molecule has 2 heteroatoms. The number of hydrogen-bond acceptors (Lipinski definition) is 0. The first-order valence-corrected chi connectivity index (χ1v) is 7.55. The molecular weight excluding hydrogens is 292 g/mol. The second kappa shape index (κ2) is 8.28. The molecule has 0 spiro atoms. The van der Waals surface area contributed by atoms with Crippen molar-refractivity contribution in [3.63, 3.8) is 0 Å². The van der Waals surface area contributed by atoms with Crippen molar-refractivity contribution >= 4 is 31.9 Å². The van der Waals surface area contributed by atoms with Gasteiger partial charge in [-0.3, -0.25) is 0 Å². The highest BCUT2D eigenvalue weighted by atomic mass is 79.9.